The van der Waals surface area contributed by atoms with Gasteiger partial charge in [-0.1, -0.05) is 29.3 Å². The zero-order chi connectivity index (χ0) is 23.3. The van der Waals surface area contributed by atoms with E-state index in [4.69, 9.17) is 32.7 Å². The summed E-state index contributed by atoms with van der Waals surface area (Å²) in [7, 11) is 1.50. The molecule has 1 saturated heterocycles. The largest absolute Gasteiger partial charge is 0.497 e. The van der Waals surface area contributed by atoms with E-state index < -0.39 is 36.2 Å². The molecule has 3 amide bonds. The molecule has 2 aromatic carbocycles. The summed E-state index contributed by atoms with van der Waals surface area (Å²) in [5.41, 5.74) is 3.11. The van der Waals surface area contributed by atoms with Crippen LogP contribution in [0.2, 0.25) is 10.0 Å². The number of methoxy groups -OCH3 is 1. The molecule has 0 spiro atoms. The summed E-state index contributed by atoms with van der Waals surface area (Å²) in [6, 6.07) is 11.0. The molecule has 168 valence electrons. The van der Waals surface area contributed by atoms with Crippen LogP contribution in [-0.4, -0.2) is 49.0 Å². The van der Waals surface area contributed by atoms with Gasteiger partial charge in [-0.2, -0.15) is 0 Å². The summed E-state index contributed by atoms with van der Waals surface area (Å²) in [6.07, 6.45) is -0.155. The minimum Gasteiger partial charge on any atom is -0.497 e. The Kier molecular flexibility index (Phi) is 7.55. The number of nitrogens with one attached hydrogen (secondary N) is 2. The van der Waals surface area contributed by atoms with Crippen LogP contribution in [0.4, 0.5) is 5.69 Å². The van der Waals surface area contributed by atoms with Crippen molar-refractivity contribution in [3.63, 3.8) is 0 Å². The minimum atomic E-state index is -0.818. The van der Waals surface area contributed by atoms with Crippen molar-refractivity contribution < 1.29 is 28.7 Å². The highest BCUT2D eigenvalue weighted by Crippen LogP contribution is 2.23. The highest BCUT2D eigenvalue weighted by molar-refractivity contribution is 6.42. The maximum atomic E-state index is 12.3. The maximum Gasteiger partial charge on any atom is 0.311 e. The number of carbonyl (C=O) groups is 4. The third-order valence-electron chi connectivity index (χ3n) is 4.58. The van der Waals surface area contributed by atoms with Crippen LogP contribution in [0, 0.1) is 5.92 Å². The lowest BCUT2D eigenvalue weighted by atomic mass is 10.1. The van der Waals surface area contributed by atoms with Crippen LogP contribution < -0.4 is 15.5 Å². The number of hydrogen-bond donors (Lipinski definition) is 2. The Morgan fingerprint density at radius 3 is 2.62 bits per heavy atom. The second-order valence-corrected chi connectivity index (χ2v) is 7.68. The van der Waals surface area contributed by atoms with Gasteiger partial charge >= 0.3 is 5.97 Å². The van der Waals surface area contributed by atoms with Crippen LogP contribution in [0.1, 0.15) is 16.8 Å². The molecular formula is C21H19Cl2N3O6. The number of rotatable bonds is 7. The molecule has 2 aromatic rings. The summed E-state index contributed by atoms with van der Waals surface area (Å²) in [4.78, 5) is 48.8. The molecule has 0 bridgehead atoms. The normalized spacial score (nSPS) is 15.3. The van der Waals surface area contributed by atoms with Crippen LogP contribution in [-0.2, 0) is 19.1 Å². The number of esters is 1. The van der Waals surface area contributed by atoms with Gasteiger partial charge in [0.2, 0.25) is 5.91 Å². The summed E-state index contributed by atoms with van der Waals surface area (Å²) >= 11 is 11.7. The Labute approximate surface area is 193 Å². The number of nitrogens with zero attached hydrogens (tertiary/aromatic N) is 1. The zero-order valence-electron chi connectivity index (χ0n) is 16.9. The fourth-order valence-corrected chi connectivity index (χ4v) is 3.25. The van der Waals surface area contributed by atoms with E-state index in [1.807, 2.05) is 0 Å². The molecular weight excluding hydrogens is 461 g/mol. The van der Waals surface area contributed by atoms with Gasteiger partial charge in [0.25, 0.3) is 11.8 Å². The molecule has 1 atom stereocenters. The monoisotopic (exact) mass is 479 g/mol. The van der Waals surface area contributed by atoms with Crippen LogP contribution in [0.15, 0.2) is 42.5 Å². The topological polar surface area (TPSA) is 114 Å². The Morgan fingerprint density at radius 2 is 1.91 bits per heavy atom. The highest BCUT2D eigenvalue weighted by atomic mass is 35.5. The molecule has 1 fully saturated rings. The van der Waals surface area contributed by atoms with Gasteiger partial charge < -0.3 is 14.8 Å². The van der Waals surface area contributed by atoms with Crippen molar-refractivity contribution in [2.75, 3.05) is 25.6 Å². The molecule has 9 nitrogen and oxygen atoms in total. The molecule has 0 aromatic heterocycles. The van der Waals surface area contributed by atoms with Gasteiger partial charge in [-0.25, -0.2) is 0 Å². The Morgan fingerprint density at radius 1 is 1.12 bits per heavy atom. The van der Waals surface area contributed by atoms with Gasteiger partial charge in [-0.15, -0.1) is 0 Å². The van der Waals surface area contributed by atoms with Crippen molar-refractivity contribution in [3.8, 4) is 5.75 Å². The standard InChI is InChI=1S/C21H19Cl2N3O6/c1-31-15-4-2-3-14(9-15)24-18(27)11-32-21(30)13-8-19(28)26(10-13)25-20(29)12-5-6-16(22)17(23)7-12/h2-7,9,13H,8,10-11H2,1H3,(H,24,27)(H,25,29)/t13-/m0/s1. The first-order valence-corrected chi connectivity index (χ1v) is 10.2. The van der Waals surface area contributed by atoms with Crippen LogP contribution in [0.25, 0.3) is 0 Å². The van der Waals surface area contributed by atoms with Crippen LogP contribution in [0.5, 0.6) is 5.75 Å². The van der Waals surface area contributed by atoms with Crippen molar-refractivity contribution in [1.29, 1.82) is 0 Å². The van der Waals surface area contributed by atoms with Crippen LogP contribution in [0.3, 0.4) is 0 Å². The van der Waals surface area contributed by atoms with E-state index in [0.717, 1.165) is 5.01 Å². The Balaban J connectivity index is 1.49. The summed E-state index contributed by atoms with van der Waals surface area (Å²) < 4.78 is 10.1. The number of benzene rings is 2. The smallest absolute Gasteiger partial charge is 0.311 e. The van der Waals surface area contributed by atoms with E-state index in [2.05, 4.69) is 10.7 Å². The van der Waals surface area contributed by atoms with Crippen molar-refractivity contribution in [3.05, 3.63) is 58.1 Å². The second kappa shape index (κ2) is 10.3. The van der Waals surface area contributed by atoms with E-state index in [0.29, 0.717) is 16.5 Å². The molecule has 32 heavy (non-hydrogen) atoms. The first-order valence-electron chi connectivity index (χ1n) is 9.43. The summed E-state index contributed by atoms with van der Waals surface area (Å²) in [5, 5.41) is 4.10. The lowest BCUT2D eigenvalue weighted by molar-refractivity contribution is -0.151. The van der Waals surface area contributed by atoms with Crippen molar-refractivity contribution in [2.45, 2.75) is 6.42 Å². The highest BCUT2D eigenvalue weighted by Gasteiger charge is 2.36. The first kappa shape index (κ1) is 23.4. The number of amides is 3. The SMILES string of the molecule is COc1cccc(NC(=O)COC(=O)[C@H]2CC(=O)N(NC(=O)c3ccc(Cl)c(Cl)c3)C2)c1. The number of hydrogen-bond acceptors (Lipinski definition) is 6. The summed E-state index contributed by atoms with van der Waals surface area (Å²) in [5.74, 6) is -2.55. The molecule has 0 aliphatic carbocycles. The predicted molar refractivity (Wildman–Crippen MR) is 116 cm³/mol. The van der Waals surface area contributed by atoms with E-state index in [1.54, 1.807) is 24.3 Å². The van der Waals surface area contributed by atoms with Gasteiger partial charge in [0.15, 0.2) is 6.61 Å². The lowest BCUT2D eigenvalue weighted by Gasteiger charge is -2.17. The maximum absolute atomic E-state index is 12.3. The molecule has 3 rings (SSSR count). The average molecular weight is 480 g/mol. The van der Waals surface area contributed by atoms with E-state index in [9.17, 15) is 19.2 Å². The lowest BCUT2D eigenvalue weighted by Crippen LogP contribution is -2.43. The first-order chi connectivity index (χ1) is 15.3. The predicted octanol–water partition coefficient (Wildman–Crippen LogP) is 2.68. The third-order valence-corrected chi connectivity index (χ3v) is 5.31. The summed E-state index contributed by atoms with van der Waals surface area (Å²) in [6.45, 7) is -0.599. The average Bonchev–Trinajstić information content (AvgIpc) is 3.14. The molecule has 11 heteroatoms. The van der Waals surface area contributed by atoms with Crippen molar-refractivity contribution in [1.82, 2.24) is 10.4 Å². The number of anilines is 1. The number of ether oxygens (including phenoxy) is 2. The fraction of sp³-hybridized carbons (Fsp3) is 0.238. The Bertz CT molecular complexity index is 1060. The minimum absolute atomic E-state index is 0.0811. The number of carbonyl (C=O) groups excluding carboxylic acids is 4. The van der Waals surface area contributed by atoms with E-state index in [1.165, 1.54) is 25.3 Å². The van der Waals surface area contributed by atoms with Crippen molar-refractivity contribution in [2.24, 2.45) is 5.92 Å². The van der Waals surface area contributed by atoms with Gasteiger partial charge in [0.05, 0.1) is 29.6 Å². The Hall–Kier alpha value is -3.30. The molecule has 1 aliphatic rings. The third kappa shape index (κ3) is 5.89. The zero-order valence-corrected chi connectivity index (χ0v) is 18.4. The molecule has 0 saturated carbocycles. The van der Waals surface area contributed by atoms with Crippen molar-refractivity contribution >= 4 is 52.6 Å². The number of hydrazine groups is 1. The quantitative estimate of drug-likeness (QED) is 0.590. The van der Waals surface area contributed by atoms with Gasteiger partial charge in [-0.05, 0) is 30.3 Å². The van der Waals surface area contributed by atoms with Gasteiger partial charge in [-0.3, -0.25) is 29.6 Å². The van der Waals surface area contributed by atoms with Gasteiger partial charge in [0.1, 0.15) is 5.75 Å². The molecule has 0 radical (unpaired) electrons. The fourth-order valence-electron chi connectivity index (χ4n) is 2.95. The molecule has 0 unspecified atom stereocenters. The molecule has 1 heterocycles. The van der Waals surface area contributed by atoms with E-state index >= 15 is 0 Å². The van der Waals surface area contributed by atoms with Gasteiger partial charge in [0, 0.05) is 23.7 Å². The molecule has 1 aliphatic heterocycles. The second-order valence-electron chi connectivity index (χ2n) is 6.86. The number of halogens is 2. The van der Waals surface area contributed by atoms with Crippen LogP contribution >= 0.6 is 23.2 Å². The molecule has 2 N–H and O–H groups in total. The van der Waals surface area contributed by atoms with E-state index in [-0.39, 0.29) is 23.6 Å².